The normalized spacial score (nSPS) is 14.9. The standard InChI is InChI=1S/C10H13ClFNO/c1-10(12,6-13)8-5-7(11)3-4-9(8)14-2/h3-5H,6,13H2,1-2H3. The molecular formula is C10H13ClFNO. The second-order valence-corrected chi connectivity index (χ2v) is 3.68. The van der Waals surface area contributed by atoms with Crippen molar-refractivity contribution in [3.05, 3.63) is 28.8 Å². The van der Waals surface area contributed by atoms with Crippen molar-refractivity contribution < 1.29 is 9.13 Å². The number of hydrogen-bond donors (Lipinski definition) is 1. The van der Waals surface area contributed by atoms with Gasteiger partial charge in [-0.15, -0.1) is 0 Å². The lowest BCUT2D eigenvalue weighted by molar-refractivity contribution is 0.196. The van der Waals surface area contributed by atoms with Crippen molar-refractivity contribution in [1.29, 1.82) is 0 Å². The lowest BCUT2D eigenvalue weighted by Crippen LogP contribution is -2.27. The van der Waals surface area contributed by atoms with Crippen LogP contribution < -0.4 is 10.5 Å². The minimum Gasteiger partial charge on any atom is -0.496 e. The number of ether oxygens (including phenoxy) is 1. The monoisotopic (exact) mass is 217 g/mol. The van der Waals surface area contributed by atoms with Gasteiger partial charge >= 0.3 is 0 Å². The van der Waals surface area contributed by atoms with Gasteiger partial charge in [0.05, 0.1) is 7.11 Å². The Balaban J connectivity index is 3.23. The third-order valence-corrected chi connectivity index (χ3v) is 2.34. The van der Waals surface area contributed by atoms with E-state index < -0.39 is 5.67 Å². The van der Waals surface area contributed by atoms with Gasteiger partial charge in [0, 0.05) is 17.1 Å². The molecule has 1 rings (SSSR count). The van der Waals surface area contributed by atoms with E-state index in [1.165, 1.54) is 20.1 Å². The Morgan fingerprint density at radius 2 is 2.21 bits per heavy atom. The van der Waals surface area contributed by atoms with E-state index in [9.17, 15) is 4.39 Å². The second kappa shape index (κ2) is 4.15. The lowest BCUT2D eigenvalue weighted by Gasteiger charge is -2.21. The average molecular weight is 218 g/mol. The molecule has 1 aromatic carbocycles. The molecule has 0 amide bonds. The molecule has 0 aliphatic carbocycles. The number of rotatable bonds is 3. The van der Waals surface area contributed by atoms with Crippen LogP contribution in [0.1, 0.15) is 12.5 Å². The fourth-order valence-electron chi connectivity index (χ4n) is 1.20. The molecule has 1 atom stereocenters. The molecule has 2 nitrogen and oxygen atoms in total. The lowest BCUT2D eigenvalue weighted by atomic mass is 9.97. The van der Waals surface area contributed by atoms with E-state index in [0.29, 0.717) is 16.3 Å². The summed E-state index contributed by atoms with van der Waals surface area (Å²) in [4.78, 5) is 0. The molecule has 0 saturated carbocycles. The number of nitrogens with two attached hydrogens (primary N) is 1. The van der Waals surface area contributed by atoms with Crippen LogP contribution in [0, 0.1) is 0 Å². The summed E-state index contributed by atoms with van der Waals surface area (Å²) in [5.41, 5.74) is 4.11. The smallest absolute Gasteiger partial charge is 0.148 e. The molecule has 0 aliphatic heterocycles. The fourth-order valence-corrected chi connectivity index (χ4v) is 1.37. The fraction of sp³-hybridized carbons (Fsp3) is 0.400. The Bertz CT molecular complexity index is 328. The molecule has 0 fully saturated rings. The molecule has 0 aliphatic rings. The summed E-state index contributed by atoms with van der Waals surface area (Å²) in [6, 6.07) is 4.81. The van der Waals surface area contributed by atoms with Crippen molar-refractivity contribution in [2.45, 2.75) is 12.6 Å². The number of hydrogen-bond acceptors (Lipinski definition) is 2. The Kier molecular flexibility index (Phi) is 3.34. The maximum Gasteiger partial charge on any atom is 0.148 e. The zero-order valence-electron chi connectivity index (χ0n) is 8.18. The van der Waals surface area contributed by atoms with Gasteiger partial charge in [-0.25, -0.2) is 4.39 Å². The summed E-state index contributed by atoms with van der Waals surface area (Å²) < 4.78 is 18.9. The van der Waals surface area contributed by atoms with Crippen molar-refractivity contribution in [2.24, 2.45) is 5.73 Å². The van der Waals surface area contributed by atoms with Gasteiger partial charge in [-0.05, 0) is 25.1 Å². The van der Waals surface area contributed by atoms with Gasteiger partial charge < -0.3 is 10.5 Å². The van der Waals surface area contributed by atoms with Crippen molar-refractivity contribution >= 4 is 11.6 Å². The number of halogens is 2. The molecule has 0 radical (unpaired) electrons. The van der Waals surface area contributed by atoms with Gasteiger partial charge in [-0.3, -0.25) is 0 Å². The van der Waals surface area contributed by atoms with Crippen LogP contribution in [0.2, 0.25) is 5.02 Å². The summed E-state index contributed by atoms with van der Waals surface area (Å²) >= 11 is 5.77. The average Bonchev–Trinajstić information content (AvgIpc) is 2.18. The molecule has 0 bridgehead atoms. The van der Waals surface area contributed by atoms with Gasteiger partial charge in [0.1, 0.15) is 11.4 Å². The first-order valence-electron chi connectivity index (χ1n) is 4.24. The Labute approximate surface area is 87.8 Å². The Hall–Kier alpha value is -0.800. The minimum atomic E-state index is -1.61. The van der Waals surface area contributed by atoms with Crippen molar-refractivity contribution in [3.63, 3.8) is 0 Å². The molecule has 0 spiro atoms. The molecule has 4 heteroatoms. The molecule has 0 aromatic heterocycles. The molecular weight excluding hydrogens is 205 g/mol. The molecule has 1 unspecified atom stereocenters. The molecule has 1 aromatic rings. The topological polar surface area (TPSA) is 35.2 Å². The van der Waals surface area contributed by atoms with Gasteiger partial charge in [0.25, 0.3) is 0 Å². The summed E-state index contributed by atoms with van der Waals surface area (Å²) in [5.74, 6) is 0.463. The molecule has 2 N–H and O–H groups in total. The van der Waals surface area contributed by atoms with Crippen LogP contribution in [0.5, 0.6) is 5.75 Å². The number of benzene rings is 1. The van der Waals surface area contributed by atoms with Crippen LogP contribution in [-0.4, -0.2) is 13.7 Å². The third kappa shape index (κ3) is 2.16. The molecule has 0 saturated heterocycles. The van der Waals surface area contributed by atoms with Crippen molar-refractivity contribution in [1.82, 2.24) is 0 Å². The predicted octanol–water partition coefficient (Wildman–Crippen LogP) is 2.49. The maximum atomic E-state index is 13.9. The zero-order valence-corrected chi connectivity index (χ0v) is 8.94. The van der Waals surface area contributed by atoms with E-state index in [2.05, 4.69) is 0 Å². The number of alkyl halides is 1. The predicted molar refractivity (Wildman–Crippen MR) is 55.5 cm³/mol. The highest BCUT2D eigenvalue weighted by atomic mass is 35.5. The highest BCUT2D eigenvalue weighted by Crippen LogP contribution is 2.34. The maximum absolute atomic E-state index is 13.9. The van der Waals surface area contributed by atoms with Crippen LogP contribution >= 0.6 is 11.6 Å². The highest BCUT2D eigenvalue weighted by molar-refractivity contribution is 6.30. The molecule has 14 heavy (non-hydrogen) atoms. The van der Waals surface area contributed by atoms with Crippen LogP contribution in [0.3, 0.4) is 0 Å². The quantitative estimate of drug-likeness (QED) is 0.845. The summed E-state index contributed by atoms with van der Waals surface area (Å²) in [7, 11) is 1.49. The third-order valence-electron chi connectivity index (χ3n) is 2.11. The first kappa shape index (κ1) is 11.3. The van der Waals surface area contributed by atoms with Crippen LogP contribution in [0.15, 0.2) is 18.2 Å². The van der Waals surface area contributed by atoms with Gasteiger partial charge in [0.2, 0.25) is 0 Å². The summed E-state index contributed by atoms with van der Waals surface area (Å²) in [5, 5.41) is 0.470. The van der Waals surface area contributed by atoms with Crippen LogP contribution in [-0.2, 0) is 5.67 Å². The first-order valence-corrected chi connectivity index (χ1v) is 4.62. The Morgan fingerprint density at radius 3 is 2.71 bits per heavy atom. The zero-order chi connectivity index (χ0) is 10.8. The van der Waals surface area contributed by atoms with E-state index in [1.807, 2.05) is 0 Å². The van der Waals surface area contributed by atoms with Gasteiger partial charge in [-0.2, -0.15) is 0 Å². The number of methoxy groups -OCH3 is 1. The summed E-state index contributed by atoms with van der Waals surface area (Å²) in [6.07, 6.45) is 0. The van der Waals surface area contributed by atoms with Gasteiger partial charge in [-0.1, -0.05) is 11.6 Å². The van der Waals surface area contributed by atoms with E-state index in [0.717, 1.165) is 0 Å². The van der Waals surface area contributed by atoms with Crippen molar-refractivity contribution in [3.8, 4) is 5.75 Å². The molecule has 0 heterocycles. The van der Waals surface area contributed by atoms with E-state index in [4.69, 9.17) is 22.1 Å². The van der Waals surface area contributed by atoms with Crippen LogP contribution in [0.4, 0.5) is 4.39 Å². The van der Waals surface area contributed by atoms with Gasteiger partial charge in [0.15, 0.2) is 0 Å². The summed E-state index contributed by atoms with van der Waals surface area (Å²) in [6.45, 7) is 1.30. The van der Waals surface area contributed by atoms with E-state index in [1.54, 1.807) is 12.1 Å². The minimum absolute atomic E-state index is 0.107. The SMILES string of the molecule is COc1ccc(Cl)cc1C(C)(F)CN. The highest BCUT2D eigenvalue weighted by Gasteiger charge is 2.27. The van der Waals surface area contributed by atoms with Crippen LogP contribution in [0.25, 0.3) is 0 Å². The largest absolute Gasteiger partial charge is 0.496 e. The van der Waals surface area contributed by atoms with Crippen molar-refractivity contribution in [2.75, 3.05) is 13.7 Å². The molecule has 78 valence electrons. The second-order valence-electron chi connectivity index (χ2n) is 3.25. The van der Waals surface area contributed by atoms with E-state index in [-0.39, 0.29) is 6.54 Å². The Morgan fingerprint density at radius 1 is 1.57 bits per heavy atom. The van der Waals surface area contributed by atoms with E-state index >= 15 is 0 Å². The first-order chi connectivity index (χ1) is 6.51.